The van der Waals surface area contributed by atoms with Gasteiger partial charge in [-0.2, -0.15) is 0 Å². The molecular weight excluding hydrogens is 356 g/mol. The van der Waals surface area contributed by atoms with Gasteiger partial charge < -0.3 is 0 Å². The van der Waals surface area contributed by atoms with Crippen LogP contribution in [0.25, 0.3) is 0 Å². The molecule has 2 unspecified atom stereocenters. The molecule has 2 saturated heterocycles. The number of likely N-dealkylation sites (tertiary alicyclic amines) is 2. The highest BCUT2D eigenvalue weighted by Gasteiger charge is 2.44. The van der Waals surface area contributed by atoms with Crippen molar-refractivity contribution in [2.75, 3.05) is 32.7 Å². The smallest absolute Gasteiger partial charge is 0.176 e. The van der Waals surface area contributed by atoms with Gasteiger partial charge in [0.15, 0.2) is 5.78 Å². The number of ketones is 1. The fourth-order valence-corrected chi connectivity index (χ4v) is 5.47. The number of nitrogens with zero attached hydrogens (tertiary/aromatic N) is 2. The van der Waals surface area contributed by atoms with Crippen LogP contribution >= 0.6 is 0 Å². The summed E-state index contributed by atoms with van der Waals surface area (Å²) >= 11 is 0. The van der Waals surface area contributed by atoms with Gasteiger partial charge in [0, 0.05) is 23.6 Å². The van der Waals surface area contributed by atoms with Crippen molar-refractivity contribution in [2.24, 2.45) is 0 Å². The van der Waals surface area contributed by atoms with E-state index in [-0.39, 0.29) is 11.2 Å². The molecule has 0 spiro atoms. The van der Waals surface area contributed by atoms with E-state index in [1.54, 1.807) is 0 Å². The first-order valence-electron chi connectivity index (χ1n) is 11.3. The molecule has 0 amide bonds. The summed E-state index contributed by atoms with van der Waals surface area (Å²) in [4.78, 5) is 18.0. The van der Waals surface area contributed by atoms with Crippen molar-refractivity contribution in [2.45, 2.75) is 50.5 Å². The first-order valence-corrected chi connectivity index (χ1v) is 11.3. The number of benzene rings is 2. The molecule has 2 aliphatic rings. The summed E-state index contributed by atoms with van der Waals surface area (Å²) in [5.41, 5.74) is 2.36. The summed E-state index contributed by atoms with van der Waals surface area (Å²) in [6.45, 7) is 7.34. The van der Waals surface area contributed by atoms with Crippen LogP contribution in [0.2, 0.25) is 0 Å². The molecule has 2 fully saturated rings. The summed E-state index contributed by atoms with van der Waals surface area (Å²) in [5, 5.41) is 0. The second kappa shape index (κ2) is 9.23. The molecule has 29 heavy (non-hydrogen) atoms. The van der Waals surface area contributed by atoms with Gasteiger partial charge in [0.25, 0.3) is 0 Å². The van der Waals surface area contributed by atoms with Gasteiger partial charge in [-0.1, -0.05) is 67.1 Å². The number of hydrogen-bond donors (Lipinski definition) is 0. The molecule has 2 heterocycles. The van der Waals surface area contributed by atoms with Crippen LogP contribution in [0.3, 0.4) is 0 Å². The molecule has 2 aromatic rings. The number of carbonyl (C=O) groups excluding carboxylic acids is 1. The lowest BCUT2D eigenvalue weighted by atomic mass is 9.68. The van der Waals surface area contributed by atoms with E-state index in [9.17, 15) is 4.79 Å². The fraction of sp³-hybridized carbons (Fsp3) is 0.500. The predicted molar refractivity (Wildman–Crippen MR) is 119 cm³/mol. The van der Waals surface area contributed by atoms with E-state index in [0.29, 0.717) is 12.6 Å². The highest BCUT2D eigenvalue weighted by molar-refractivity contribution is 5.97. The first-order chi connectivity index (χ1) is 14.2. The normalized spacial score (nSPS) is 24.9. The molecule has 0 aromatic heterocycles. The number of hydrogen-bond acceptors (Lipinski definition) is 3. The Balaban J connectivity index is 1.58. The molecule has 0 bridgehead atoms. The van der Waals surface area contributed by atoms with Crippen LogP contribution in [-0.2, 0) is 5.41 Å². The zero-order valence-corrected chi connectivity index (χ0v) is 17.7. The monoisotopic (exact) mass is 390 g/mol. The van der Waals surface area contributed by atoms with E-state index in [1.807, 2.05) is 30.3 Å². The SMILES string of the molecule is CC(N1CCCCC1)C1(c2ccccc2)CCCN(CC(=O)c2ccccc2)C1. The Hall–Kier alpha value is -1.97. The van der Waals surface area contributed by atoms with Crippen molar-refractivity contribution < 1.29 is 4.79 Å². The molecule has 2 atom stereocenters. The topological polar surface area (TPSA) is 23.6 Å². The van der Waals surface area contributed by atoms with Crippen molar-refractivity contribution in [3.8, 4) is 0 Å². The third-order valence-electron chi connectivity index (χ3n) is 7.15. The van der Waals surface area contributed by atoms with Crippen LogP contribution in [-0.4, -0.2) is 54.3 Å². The van der Waals surface area contributed by atoms with E-state index in [2.05, 4.69) is 47.1 Å². The number of piperidine rings is 2. The van der Waals surface area contributed by atoms with Crippen LogP contribution in [0, 0.1) is 0 Å². The van der Waals surface area contributed by atoms with Gasteiger partial charge in [0.05, 0.1) is 6.54 Å². The Kier molecular flexibility index (Phi) is 6.46. The predicted octanol–water partition coefficient (Wildman–Crippen LogP) is 4.78. The molecule has 0 aliphatic carbocycles. The summed E-state index contributed by atoms with van der Waals surface area (Å²) in [5.74, 6) is 0.236. The molecule has 3 heteroatoms. The van der Waals surface area contributed by atoms with Crippen molar-refractivity contribution in [3.63, 3.8) is 0 Å². The molecule has 4 rings (SSSR count). The van der Waals surface area contributed by atoms with Gasteiger partial charge in [0.2, 0.25) is 0 Å². The van der Waals surface area contributed by atoms with Gasteiger partial charge in [-0.25, -0.2) is 0 Å². The number of rotatable bonds is 6. The highest BCUT2D eigenvalue weighted by atomic mass is 16.1. The number of carbonyl (C=O) groups is 1. The Morgan fingerprint density at radius 1 is 0.897 bits per heavy atom. The molecular formula is C26H34N2O. The maximum atomic E-state index is 12.9. The van der Waals surface area contributed by atoms with Gasteiger partial charge in [-0.05, 0) is 57.8 Å². The lowest BCUT2D eigenvalue weighted by Gasteiger charge is -2.51. The van der Waals surface area contributed by atoms with Crippen LogP contribution < -0.4 is 0 Å². The Bertz CT molecular complexity index is 785. The van der Waals surface area contributed by atoms with E-state index >= 15 is 0 Å². The maximum absolute atomic E-state index is 12.9. The van der Waals surface area contributed by atoms with Crippen LogP contribution in [0.4, 0.5) is 0 Å². The second-order valence-corrected chi connectivity index (χ2v) is 8.90. The summed E-state index contributed by atoms with van der Waals surface area (Å²) in [7, 11) is 0. The average molecular weight is 391 g/mol. The lowest BCUT2D eigenvalue weighted by molar-refractivity contribution is 0.0459. The van der Waals surface area contributed by atoms with Crippen molar-refractivity contribution in [1.82, 2.24) is 9.80 Å². The van der Waals surface area contributed by atoms with Crippen LogP contribution in [0.5, 0.6) is 0 Å². The van der Waals surface area contributed by atoms with Gasteiger partial charge in [0.1, 0.15) is 0 Å². The molecule has 154 valence electrons. The standard InChI is InChI=1S/C26H34N2O/c1-22(28-18-9-4-10-19-28)26(24-14-7-3-8-15-24)16-11-17-27(21-26)20-25(29)23-12-5-2-6-13-23/h2-3,5-8,12-15,22H,4,9-11,16-21H2,1H3. The van der Waals surface area contributed by atoms with Crippen molar-refractivity contribution in [3.05, 3.63) is 71.8 Å². The van der Waals surface area contributed by atoms with Gasteiger partial charge in [-0.3, -0.25) is 14.6 Å². The third-order valence-corrected chi connectivity index (χ3v) is 7.15. The highest BCUT2D eigenvalue weighted by Crippen LogP contribution is 2.40. The van der Waals surface area contributed by atoms with E-state index < -0.39 is 0 Å². The summed E-state index contributed by atoms with van der Waals surface area (Å²) in [6.07, 6.45) is 6.33. The largest absolute Gasteiger partial charge is 0.300 e. The Labute approximate surface area is 175 Å². The van der Waals surface area contributed by atoms with Crippen LogP contribution in [0.1, 0.15) is 54.9 Å². The average Bonchev–Trinajstić information content (AvgIpc) is 2.80. The Morgan fingerprint density at radius 3 is 2.24 bits per heavy atom. The molecule has 2 aliphatic heterocycles. The molecule has 0 N–H and O–H groups in total. The van der Waals surface area contributed by atoms with Crippen LogP contribution in [0.15, 0.2) is 60.7 Å². The summed E-state index contributed by atoms with van der Waals surface area (Å²) in [6, 6.07) is 21.3. The minimum Gasteiger partial charge on any atom is -0.300 e. The fourth-order valence-electron chi connectivity index (χ4n) is 5.47. The van der Waals surface area contributed by atoms with Gasteiger partial charge in [-0.15, -0.1) is 0 Å². The molecule has 3 nitrogen and oxygen atoms in total. The zero-order valence-electron chi connectivity index (χ0n) is 17.7. The van der Waals surface area contributed by atoms with Gasteiger partial charge >= 0.3 is 0 Å². The van der Waals surface area contributed by atoms with E-state index in [1.165, 1.54) is 44.3 Å². The zero-order chi connectivity index (χ0) is 20.1. The molecule has 2 aromatic carbocycles. The lowest BCUT2D eigenvalue weighted by Crippen LogP contribution is -2.58. The minimum absolute atomic E-state index is 0.0911. The molecule has 0 radical (unpaired) electrons. The van der Waals surface area contributed by atoms with E-state index in [4.69, 9.17) is 0 Å². The third kappa shape index (κ3) is 4.46. The second-order valence-electron chi connectivity index (χ2n) is 8.90. The van der Waals surface area contributed by atoms with E-state index in [0.717, 1.165) is 25.1 Å². The number of Topliss-reactive ketones (excluding diaryl/α,β-unsaturated/α-hetero) is 1. The summed E-state index contributed by atoms with van der Waals surface area (Å²) < 4.78 is 0. The minimum atomic E-state index is 0.0911. The molecule has 0 saturated carbocycles. The first kappa shape index (κ1) is 20.3. The Morgan fingerprint density at radius 2 is 1.55 bits per heavy atom. The maximum Gasteiger partial charge on any atom is 0.176 e. The van der Waals surface area contributed by atoms with Crippen molar-refractivity contribution in [1.29, 1.82) is 0 Å². The quantitative estimate of drug-likeness (QED) is 0.663. The van der Waals surface area contributed by atoms with Crippen molar-refractivity contribution >= 4 is 5.78 Å².